The predicted molar refractivity (Wildman–Crippen MR) is 116 cm³/mol. The molecule has 1 atom stereocenters. The van der Waals surface area contributed by atoms with Crippen LogP contribution in [-0.4, -0.2) is 16.5 Å². The molecule has 0 aliphatic rings. The fourth-order valence-electron chi connectivity index (χ4n) is 3.19. The van der Waals surface area contributed by atoms with Gasteiger partial charge in [0.1, 0.15) is 23.2 Å². The average molecular weight is 522 g/mol. The Morgan fingerprint density at radius 3 is 1.36 bits per heavy atom. The highest BCUT2D eigenvalue weighted by Gasteiger charge is 2.54. The number of halogens is 2. The molecule has 3 aromatic rings. The molecule has 7 heteroatoms. The lowest BCUT2D eigenvalue weighted by Gasteiger charge is -2.30. The van der Waals surface area contributed by atoms with Gasteiger partial charge < -0.3 is 22.7 Å². The molecule has 3 rings (SSSR count). The van der Waals surface area contributed by atoms with Crippen LogP contribution in [-0.2, 0) is 4.79 Å². The summed E-state index contributed by atoms with van der Waals surface area (Å²) in [6.07, 6.45) is 0. The van der Waals surface area contributed by atoms with Crippen molar-refractivity contribution in [2.75, 3.05) is 0 Å². The van der Waals surface area contributed by atoms with Crippen molar-refractivity contribution in [3.8, 4) is 0 Å². The lowest BCUT2D eigenvalue weighted by atomic mass is 10.4. The molecule has 0 radical (unpaired) electrons. The van der Waals surface area contributed by atoms with Crippen molar-refractivity contribution in [3.63, 3.8) is 0 Å². The number of carbonyl (C=O) groups is 2. The maximum Gasteiger partial charge on any atom is 0.318 e. The summed E-state index contributed by atoms with van der Waals surface area (Å²) in [5, 5.41) is 5.33. The van der Waals surface area contributed by atoms with E-state index in [1.165, 1.54) is 0 Å². The van der Waals surface area contributed by atoms with E-state index in [0.29, 0.717) is 0 Å². The minimum absolute atomic E-state index is 0. The molecular weight excluding hydrogens is 503 g/mol. The van der Waals surface area contributed by atoms with Gasteiger partial charge >= 0.3 is 6.03 Å². The molecule has 3 aromatic carbocycles. The number of nitrogens with two attached hydrogens (primary N) is 1. The number of imide groups is 1. The summed E-state index contributed by atoms with van der Waals surface area (Å²) in [5.74, 6) is -0.451. The van der Waals surface area contributed by atoms with Crippen LogP contribution in [0.3, 0.4) is 0 Å². The smallest absolute Gasteiger partial charge is 0.318 e. The number of rotatable bonds is 5. The molecule has 0 heterocycles. The number of nitrogens with one attached hydrogen (secondary N) is 1. The first-order valence-corrected chi connectivity index (χ1v) is 11.1. The van der Waals surface area contributed by atoms with Gasteiger partial charge in [-0.2, -0.15) is 0 Å². The summed E-state index contributed by atoms with van der Waals surface area (Å²) in [7, 11) is -2.46. The van der Waals surface area contributed by atoms with Crippen LogP contribution in [0.2, 0.25) is 0 Å². The lowest BCUT2D eigenvalue weighted by molar-refractivity contribution is -0.118. The van der Waals surface area contributed by atoms with E-state index in [1.54, 1.807) is 0 Å². The topological polar surface area (TPSA) is 72.2 Å². The van der Waals surface area contributed by atoms with Gasteiger partial charge in [-0.05, 0) is 52.3 Å². The van der Waals surface area contributed by atoms with Crippen LogP contribution in [0.1, 0.15) is 0 Å². The first-order chi connectivity index (χ1) is 13.1. The number of urea groups is 1. The number of carbonyl (C=O) groups excluding carboxylic acids is 2. The molecule has 0 aromatic heterocycles. The van der Waals surface area contributed by atoms with Crippen LogP contribution < -0.4 is 43.9 Å². The van der Waals surface area contributed by atoms with Crippen LogP contribution >= 0.6 is 23.2 Å². The minimum atomic E-state index is -2.46. The van der Waals surface area contributed by atoms with Crippen molar-refractivity contribution in [1.82, 2.24) is 5.32 Å². The first-order valence-electron chi connectivity index (χ1n) is 8.36. The molecule has 144 valence electrons. The summed E-state index contributed by atoms with van der Waals surface area (Å²) >= 11 is 3.64. The number of hydrogen-bond acceptors (Lipinski definition) is 2. The Morgan fingerprint density at radius 1 is 0.750 bits per heavy atom. The molecule has 4 nitrogen and oxygen atoms in total. The average Bonchev–Trinajstić information content (AvgIpc) is 2.70. The fourth-order valence-corrected chi connectivity index (χ4v) is 9.45. The summed E-state index contributed by atoms with van der Waals surface area (Å²) in [5.41, 5.74) is 5.21. The Morgan fingerprint density at radius 2 is 1.07 bits per heavy atom. The van der Waals surface area contributed by atoms with Gasteiger partial charge in [0.05, 0.1) is 0 Å². The second-order valence-corrected chi connectivity index (χ2v) is 11.1. The Balaban J connectivity index is 0.00000280. The molecular formula is C21H19Br2N2O2P. The van der Waals surface area contributed by atoms with Crippen molar-refractivity contribution in [2.45, 2.75) is 4.57 Å². The van der Waals surface area contributed by atoms with Crippen LogP contribution in [0, 0.1) is 0 Å². The summed E-state index contributed by atoms with van der Waals surface area (Å²) in [6, 6.07) is 28.9. The van der Waals surface area contributed by atoms with Gasteiger partial charge in [0.15, 0.2) is 0 Å². The maximum atomic E-state index is 12.9. The van der Waals surface area contributed by atoms with E-state index in [0.717, 1.165) is 15.9 Å². The normalized spacial score (nSPS) is 11.8. The van der Waals surface area contributed by atoms with Gasteiger partial charge in [-0.25, -0.2) is 4.79 Å². The molecule has 0 spiro atoms. The molecule has 1 unspecified atom stereocenters. The number of amides is 3. The number of hydrogen-bond donors (Lipinski definition) is 2. The Kier molecular flexibility index (Phi) is 7.93. The monoisotopic (exact) mass is 520 g/mol. The van der Waals surface area contributed by atoms with E-state index in [-0.39, 0.29) is 17.0 Å². The van der Waals surface area contributed by atoms with Gasteiger partial charge in [0.25, 0.3) is 5.91 Å². The zero-order valence-corrected chi connectivity index (χ0v) is 18.9. The zero-order chi connectivity index (χ0) is 19.3. The Hall–Kier alpha value is -2.01. The molecule has 0 saturated heterocycles. The van der Waals surface area contributed by atoms with Gasteiger partial charge in [-0.15, -0.1) is 0 Å². The molecule has 3 N–H and O–H groups in total. The largest absolute Gasteiger partial charge is 1.00 e. The quantitative estimate of drug-likeness (QED) is 0.363. The third-order valence-corrected chi connectivity index (χ3v) is 10.8. The van der Waals surface area contributed by atoms with Crippen molar-refractivity contribution in [1.29, 1.82) is 0 Å². The second kappa shape index (κ2) is 9.97. The van der Waals surface area contributed by atoms with Crippen molar-refractivity contribution in [3.05, 3.63) is 91.0 Å². The van der Waals surface area contributed by atoms with E-state index in [2.05, 4.69) is 21.2 Å². The van der Waals surface area contributed by atoms with E-state index < -0.39 is 23.8 Å². The van der Waals surface area contributed by atoms with E-state index in [4.69, 9.17) is 5.73 Å². The Labute approximate surface area is 183 Å². The number of alkyl halides is 1. The summed E-state index contributed by atoms with van der Waals surface area (Å²) < 4.78 is -0.662. The first kappa shape index (κ1) is 22.3. The standard InChI is InChI=1S/C21H18BrN2O2P.BrH/c22-19(20(25)24-21(23)26)27(16-10-4-1-5-11-16,17-12-6-2-7-13-17)18-14-8-3-9-15-18;/h1-15,19H,(H2-,23,24,25,26);1H. The van der Waals surface area contributed by atoms with E-state index >= 15 is 0 Å². The number of benzene rings is 3. The third-order valence-electron chi connectivity index (χ3n) is 4.29. The van der Waals surface area contributed by atoms with Gasteiger partial charge in [-0.1, -0.05) is 54.6 Å². The number of primary amides is 1. The van der Waals surface area contributed by atoms with E-state index in [9.17, 15) is 9.59 Å². The van der Waals surface area contributed by atoms with Crippen molar-refractivity contribution >= 4 is 51.0 Å². The zero-order valence-electron chi connectivity index (χ0n) is 14.8. The van der Waals surface area contributed by atoms with Gasteiger partial charge in [0.2, 0.25) is 4.57 Å². The molecule has 0 aliphatic heterocycles. The van der Waals surface area contributed by atoms with Crippen LogP contribution in [0.25, 0.3) is 0 Å². The molecule has 28 heavy (non-hydrogen) atoms. The molecule has 0 aliphatic carbocycles. The third kappa shape index (κ3) is 4.35. The fraction of sp³-hybridized carbons (Fsp3) is 0.0476. The maximum absolute atomic E-state index is 12.9. The molecule has 3 amide bonds. The second-order valence-electron chi connectivity index (χ2n) is 5.92. The van der Waals surface area contributed by atoms with Gasteiger partial charge in [0, 0.05) is 0 Å². The highest BCUT2D eigenvalue weighted by atomic mass is 79.9. The summed E-state index contributed by atoms with van der Waals surface area (Å²) in [4.78, 5) is 24.2. The van der Waals surface area contributed by atoms with Crippen molar-refractivity contribution in [2.24, 2.45) is 5.73 Å². The highest BCUT2D eigenvalue weighted by Crippen LogP contribution is 2.61. The Bertz CT molecular complexity index is 828. The lowest BCUT2D eigenvalue weighted by Crippen LogP contribution is -3.00. The minimum Gasteiger partial charge on any atom is -1.00 e. The van der Waals surface area contributed by atoms with Crippen LogP contribution in [0.5, 0.6) is 0 Å². The summed E-state index contributed by atoms with van der Waals surface area (Å²) in [6.45, 7) is 0. The van der Waals surface area contributed by atoms with Crippen LogP contribution in [0.15, 0.2) is 91.0 Å². The van der Waals surface area contributed by atoms with Gasteiger partial charge in [-0.3, -0.25) is 10.1 Å². The van der Waals surface area contributed by atoms with E-state index in [1.807, 2.05) is 91.0 Å². The van der Waals surface area contributed by atoms with Crippen molar-refractivity contribution < 1.29 is 26.6 Å². The predicted octanol–water partition coefficient (Wildman–Crippen LogP) is -0.0996. The molecule has 0 fully saturated rings. The molecule has 0 bridgehead atoms. The van der Waals surface area contributed by atoms with Crippen LogP contribution in [0.4, 0.5) is 4.79 Å². The highest BCUT2D eigenvalue weighted by molar-refractivity contribution is 9.11. The molecule has 0 saturated carbocycles. The SMILES string of the molecule is NC(=O)NC(=O)C(Br)[P+](c1ccccc1)(c1ccccc1)c1ccccc1.[Br-].